The smallest absolute Gasteiger partial charge is 0.0275 e. The van der Waals surface area contributed by atoms with Gasteiger partial charge in [0.15, 0.2) is 0 Å². The van der Waals surface area contributed by atoms with E-state index in [9.17, 15) is 0 Å². The van der Waals surface area contributed by atoms with Crippen LogP contribution >= 0.6 is 0 Å². The molecule has 0 radical (unpaired) electrons. The number of rotatable bonds is 8. The van der Waals surface area contributed by atoms with Gasteiger partial charge in [0.05, 0.1) is 0 Å². The molecule has 0 aromatic heterocycles. The highest BCUT2D eigenvalue weighted by molar-refractivity contribution is 4.87. The normalized spacial score (nSPS) is 20.8. The molecule has 0 spiro atoms. The topological polar surface area (TPSA) is 38.0 Å². The lowest BCUT2D eigenvalue weighted by atomic mass is 9.94. The predicted molar refractivity (Wildman–Crippen MR) is 62.3 cm³/mol. The first-order chi connectivity index (χ1) is 6.70. The van der Waals surface area contributed by atoms with E-state index < -0.39 is 0 Å². The highest BCUT2D eigenvalue weighted by Crippen LogP contribution is 2.28. The average molecular weight is 198 g/mol. The summed E-state index contributed by atoms with van der Waals surface area (Å²) in [6, 6.07) is 0. The van der Waals surface area contributed by atoms with Crippen molar-refractivity contribution in [2.75, 3.05) is 13.1 Å². The van der Waals surface area contributed by atoms with Gasteiger partial charge in [-0.2, -0.15) is 0 Å². The molecule has 3 N–H and O–H groups in total. The van der Waals surface area contributed by atoms with E-state index in [4.69, 9.17) is 5.73 Å². The summed E-state index contributed by atoms with van der Waals surface area (Å²) in [5, 5.41) is 3.64. The highest BCUT2D eigenvalue weighted by Gasteiger charge is 2.26. The van der Waals surface area contributed by atoms with Gasteiger partial charge in [0.25, 0.3) is 0 Å². The molecule has 1 atom stereocenters. The maximum Gasteiger partial charge on any atom is 0.0275 e. The van der Waals surface area contributed by atoms with E-state index in [0.717, 1.165) is 12.5 Å². The lowest BCUT2D eigenvalue weighted by Crippen LogP contribution is -2.49. The molecule has 2 heteroatoms. The summed E-state index contributed by atoms with van der Waals surface area (Å²) < 4.78 is 0. The molecule has 0 amide bonds. The zero-order chi connectivity index (χ0) is 10.4. The highest BCUT2D eigenvalue weighted by atomic mass is 15.0. The second-order valence-electron chi connectivity index (χ2n) is 5.05. The monoisotopic (exact) mass is 198 g/mol. The molecule has 0 saturated heterocycles. The van der Waals surface area contributed by atoms with Crippen LogP contribution in [0.3, 0.4) is 0 Å². The molecule has 0 aromatic carbocycles. The zero-order valence-electron chi connectivity index (χ0n) is 9.81. The summed E-state index contributed by atoms with van der Waals surface area (Å²) in [4.78, 5) is 0. The van der Waals surface area contributed by atoms with E-state index >= 15 is 0 Å². The Kier molecular flexibility index (Phi) is 4.90. The van der Waals surface area contributed by atoms with Crippen LogP contribution in [0.15, 0.2) is 0 Å². The summed E-state index contributed by atoms with van der Waals surface area (Å²) >= 11 is 0. The Labute approximate surface area is 88.6 Å². The Bertz CT molecular complexity index is 154. The molecule has 84 valence electrons. The van der Waals surface area contributed by atoms with Crippen molar-refractivity contribution in [1.29, 1.82) is 0 Å². The molecule has 14 heavy (non-hydrogen) atoms. The number of hydrogen-bond acceptors (Lipinski definition) is 2. The van der Waals surface area contributed by atoms with Gasteiger partial charge in [-0.3, -0.25) is 0 Å². The first-order valence-corrected chi connectivity index (χ1v) is 6.15. The third kappa shape index (κ3) is 4.43. The summed E-state index contributed by atoms with van der Waals surface area (Å²) in [5.41, 5.74) is 6.03. The molecular weight excluding hydrogens is 172 g/mol. The molecule has 0 aromatic rings. The van der Waals surface area contributed by atoms with Crippen LogP contribution in [-0.4, -0.2) is 18.6 Å². The SMILES string of the molecule is CCCCCC(C)(CN)NCC1CC1. The average Bonchev–Trinajstić information content (AvgIpc) is 2.99. The Morgan fingerprint density at radius 2 is 2.07 bits per heavy atom. The summed E-state index contributed by atoms with van der Waals surface area (Å²) in [6.45, 7) is 6.46. The molecule has 1 aliphatic rings. The van der Waals surface area contributed by atoms with E-state index in [-0.39, 0.29) is 5.54 Å². The molecular formula is C12H26N2. The van der Waals surface area contributed by atoms with Crippen LogP contribution in [-0.2, 0) is 0 Å². The summed E-state index contributed by atoms with van der Waals surface area (Å²) in [7, 11) is 0. The Morgan fingerprint density at radius 3 is 2.57 bits per heavy atom. The maximum atomic E-state index is 5.83. The van der Waals surface area contributed by atoms with Crippen LogP contribution in [0.25, 0.3) is 0 Å². The largest absolute Gasteiger partial charge is 0.329 e. The van der Waals surface area contributed by atoms with E-state index in [1.165, 1.54) is 45.1 Å². The number of nitrogens with two attached hydrogens (primary N) is 1. The third-order valence-corrected chi connectivity index (χ3v) is 3.30. The molecule has 1 unspecified atom stereocenters. The van der Waals surface area contributed by atoms with Crippen molar-refractivity contribution in [2.24, 2.45) is 11.7 Å². The van der Waals surface area contributed by atoms with Crippen molar-refractivity contribution in [3.63, 3.8) is 0 Å². The minimum absolute atomic E-state index is 0.192. The van der Waals surface area contributed by atoms with Crippen LogP contribution in [0.4, 0.5) is 0 Å². The fourth-order valence-electron chi connectivity index (χ4n) is 1.74. The first-order valence-electron chi connectivity index (χ1n) is 6.15. The number of nitrogens with one attached hydrogen (secondary N) is 1. The Morgan fingerprint density at radius 1 is 1.36 bits per heavy atom. The molecule has 1 saturated carbocycles. The van der Waals surface area contributed by atoms with Crippen molar-refractivity contribution >= 4 is 0 Å². The Hall–Kier alpha value is -0.0800. The number of unbranched alkanes of at least 4 members (excludes halogenated alkanes) is 2. The minimum Gasteiger partial charge on any atom is -0.329 e. The quantitative estimate of drug-likeness (QED) is 0.587. The minimum atomic E-state index is 0.192. The van der Waals surface area contributed by atoms with Gasteiger partial charge in [0, 0.05) is 12.1 Å². The maximum absolute atomic E-state index is 5.83. The van der Waals surface area contributed by atoms with Gasteiger partial charge in [0.1, 0.15) is 0 Å². The van der Waals surface area contributed by atoms with Gasteiger partial charge in [-0.1, -0.05) is 26.2 Å². The molecule has 2 nitrogen and oxygen atoms in total. The van der Waals surface area contributed by atoms with Crippen LogP contribution in [0.2, 0.25) is 0 Å². The van der Waals surface area contributed by atoms with Crippen LogP contribution in [0.5, 0.6) is 0 Å². The molecule has 0 bridgehead atoms. The van der Waals surface area contributed by atoms with Gasteiger partial charge in [-0.25, -0.2) is 0 Å². The summed E-state index contributed by atoms with van der Waals surface area (Å²) in [6.07, 6.45) is 8.00. The van der Waals surface area contributed by atoms with Crippen molar-refractivity contribution in [3.8, 4) is 0 Å². The van der Waals surface area contributed by atoms with Crippen molar-refractivity contribution < 1.29 is 0 Å². The first kappa shape index (κ1) is 12.0. The van der Waals surface area contributed by atoms with E-state index in [1.54, 1.807) is 0 Å². The van der Waals surface area contributed by atoms with Crippen LogP contribution in [0.1, 0.15) is 52.4 Å². The second kappa shape index (κ2) is 5.72. The number of hydrogen-bond donors (Lipinski definition) is 2. The van der Waals surface area contributed by atoms with Gasteiger partial charge >= 0.3 is 0 Å². The standard InChI is InChI=1S/C12H26N2/c1-3-4-5-8-12(2,10-13)14-9-11-6-7-11/h11,14H,3-10,13H2,1-2H3. The Balaban J connectivity index is 2.15. The molecule has 0 aliphatic heterocycles. The van der Waals surface area contributed by atoms with Gasteiger partial charge in [-0.05, 0) is 38.6 Å². The third-order valence-electron chi connectivity index (χ3n) is 3.30. The van der Waals surface area contributed by atoms with Crippen molar-refractivity contribution in [3.05, 3.63) is 0 Å². The molecule has 1 aliphatic carbocycles. The summed E-state index contributed by atoms with van der Waals surface area (Å²) in [5.74, 6) is 0.951. The van der Waals surface area contributed by atoms with Crippen LogP contribution in [0, 0.1) is 5.92 Å². The fraction of sp³-hybridized carbons (Fsp3) is 1.00. The van der Waals surface area contributed by atoms with Gasteiger partial charge in [-0.15, -0.1) is 0 Å². The molecule has 0 heterocycles. The zero-order valence-corrected chi connectivity index (χ0v) is 9.81. The predicted octanol–water partition coefficient (Wildman–Crippen LogP) is 2.28. The molecule has 1 rings (SSSR count). The second-order valence-corrected chi connectivity index (χ2v) is 5.05. The van der Waals surface area contributed by atoms with Crippen molar-refractivity contribution in [2.45, 2.75) is 57.9 Å². The van der Waals surface area contributed by atoms with E-state index in [1.807, 2.05) is 0 Å². The molecule has 1 fully saturated rings. The van der Waals surface area contributed by atoms with Gasteiger partial charge in [0.2, 0.25) is 0 Å². The van der Waals surface area contributed by atoms with Gasteiger partial charge < -0.3 is 11.1 Å². The van der Waals surface area contributed by atoms with E-state index in [2.05, 4.69) is 19.2 Å². The lowest BCUT2D eigenvalue weighted by molar-refractivity contribution is 0.323. The van der Waals surface area contributed by atoms with Crippen molar-refractivity contribution in [1.82, 2.24) is 5.32 Å². The fourth-order valence-corrected chi connectivity index (χ4v) is 1.74. The lowest BCUT2D eigenvalue weighted by Gasteiger charge is -2.29. The van der Waals surface area contributed by atoms with Crippen LogP contribution < -0.4 is 11.1 Å². The van der Waals surface area contributed by atoms with E-state index in [0.29, 0.717) is 0 Å².